The maximum absolute atomic E-state index is 13.4. The molecule has 1 amide bonds. The van der Waals surface area contributed by atoms with Crippen LogP contribution < -0.4 is 0 Å². The maximum atomic E-state index is 13.4. The molecule has 1 aliphatic carbocycles. The van der Waals surface area contributed by atoms with Crippen LogP contribution >= 0.6 is 0 Å². The fourth-order valence-corrected chi connectivity index (χ4v) is 4.27. The number of carbonyl (C=O) groups excluding carboxylic acids is 1. The van der Waals surface area contributed by atoms with Crippen molar-refractivity contribution in [2.45, 2.75) is 56.8 Å². The Kier molecular flexibility index (Phi) is 4.92. The van der Waals surface area contributed by atoms with Gasteiger partial charge in [0.15, 0.2) is 0 Å². The van der Waals surface area contributed by atoms with Crippen LogP contribution in [-0.4, -0.2) is 49.3 Å². The second-order valence-corrected chi connectivity index (χ2v) is 7.01. The van der Waals surface area contributed by atoms with Crippen molar-refractivity contribution < 1.29 is 18.7 Å². The molecule has 3 atom stereocenters. The first-order valence-corrected chi connectivity index (χ1v) is 8.61. The molecule has 3 rings (SSSR count). The lowest BCUT2D eigenvalue weighted by Gasteiger charge is -2.43. The van der Waals surface area contributed by atoms with E-state index in [1.165, 1.54) is 6.07 Å². The third kappa shape index (κ3) is 3.07. The van der Waals surface area contributed by atoms with Gasteiger partial charge in [-0.05, 0) is 49.8 Å². The zero-order chi connectivity index (χ0) is 17.3. The van der Waals surface area contributed by atoms with E-state index in [9.17, 15) is 9.18 Å². The van der Waals surface area contributed by atoms with Gasteiger partial charge in [0.25, 0.3) is 0 Å². The van der Waals surface area contributed by atoms with Gasteiger partial charge < -0.3 is 14.4 Å². The van der Waals surface area contributed by atoms with E-state index >= 15 is 0 Å². The summed E-state index contributed by atoms with van der Waals surface area (Å²) in [6.45, 7) is 2.44. The van der Waals surface area contributed by atoms with Crippen molar-refractivity contribution in [3.8, 4) is 0 Å². The summed E-state index contributed by atoms with van der Waals surface area (Å²) in [4.78, 5) is 14.8. The van der Waals surface area contributed by atoms with Crippen molar-refractivity contribution in [2.75, 3.05) is 20.8 Å². The van der Waals surface area contributed by atoms with E-state index in [-0.39, 0.29) is 29.5 Å². The average molecular weight is 335 g/mol. The van der Waals surface area contributed by atoms with Gasteiger partial charge >= 0.3 is 0 Å². The van der Waals surface area contributed by atoms with Crippen LogP contribution in [0.25, 0.3) is 0 Å². The van der Waals surface area contributed by atoms with Gasteiger partial charge in [-0.1, -0.05) is 12.1 Å². The molecule has 0 bridgehead atoms. The molecule has 1 saturated carbocycles. The summed E-state index contributed by atoms with van der Waals surface area (Å²) in [6, 6.07) is 4.95. The predicted octanol–water partition coefficient (Wildman–Crippen LogP) is 2.86. The van der Waals surface area contributed by atoms with Crippen LogP contribution in [0.15, 0.2) is 18.2 Å². The molecule has 5 heteroatoms. The number of benzene rings is 1. The fourth-order valence-electron chi connectivity index (χ4n) is 4.27. The Labute approximate surface area is 142 Å². The molecule has 2 fully saturated rings. The van der Waals surface area contributed by atoms with Crippen molar-refractivity contribution >= 4 is 5.91 Å². The highest BCUT2D eigenvalue weighted by Gasteiger charge is 2.52. The minimum atomic E-state index is -0.235. The number of fused-ring (bicyclic) bond motifs is 1. The first kappa shape index (κ1) is 17.4. The number of methoxy groups -OCH3 is 2. The van der Waals surface area contributed by atoms with Gasteiger partial charge in [-0.3, -0.25) is 4.79 Å². The summed E-state index contributed by atoms with van der Waals surface area (Å²) in [6.07, 6.45) is 4.07. The number of amides is 1. The van der Waals surface area contributed by atoms with Gasteiger partial charge in [0.1, 0.15) is 5.82 Å². The van der Waals surface area contributed by atoms with Crippen molar-refractivity contribution in [1.29, 1.82) is 0 Å². The summed E-state index contributed by atoms with van der Waals surface area (Å²) in [5.41, 5.74) is 1.20. The summed E-state index contributed by atoms with van der Waals surface area (Å²) in [5, 5.41) is 0. The first-order chi connectivity index (χ1) is 11.5. The van der Waals surface area contributed by atoms with Crippen LogP contribution in [0, 0.1) is 12.7 Å². The number of hydrogen-bond acceptors (Lipinski definition) is 3. The number of likely N-dealkylation sites (tertiary alicyclic amines) is 1. The van der Waals surface area contributed by atoms with Crippen molar-refractivity contribution in [2.24, 2.45) is 0 Å². The number of ether oxygens (including phenoxy) is 2. The van der Waals surface area contributed by atoms with Crippen LogP contribution in [0.2, 0.25) is 0 Å². The molecule has 1 aliphatic heterocycles. The molecule has 0 unspecified atom stereocenters. The number of hydrogen-bond donors (Lipinski definition) is 0. The van der Waals surface area contributed by atoms with Gasteiger partial charge in [0.05, 0.1) is 24.2 Å². The zero-order valence-corrected chi connectivity index (χ0v) is 14.7. The van der Waals surface area contributed by atoms with Crippen LogP contribution in [0.1, 0.15) is 36.8 Å². The van der Waals surface area contributed by atoms with Crippen molar-refractivity contribution in [1.82, 2.24) is 4.90 Å². The minimum absolute atomic E-state index is 0.0650. The van der Waals surface area contributed by atoms with Crippen molar-refractivity contribution in [3.63, 3.8) is 0 Å². The fraction of sp³-hybridized carbons (Fsp3) is 0.632. The molecule has 132 valence electrons. The van der Waals surface area contributed by atoms with Crippen LogP contribution in [0.5, 0.6) is 0 Å². The third-order valence-electron chi connectivity index (χ3n) is 5.77. The zero-order valence-electron chi connectivity index (χ0n) is 14.7. The highest BCUT2D eigenvalue weighted by Crippen LogP contribution is 2.43. The molecule has 0 aromatic heterocycles. The molecule has 1 saturated heterocycles. The highest BCUT2D eigenvalue weighted by atomic mass is 19.1. The van der Waals surface area contributed by atoms with E-state index in [1.807, 2.05) is 4.90 Å². The largest absolute Gasteiger partial charge is 0.381 e. The summed E-state index contributed by atoms with van der Waals surface area (Å²) >= 11 is 0. The minimum Gasteiger partial charge on any atom is -0.381 e. The predicted molar refractivity (Wildman–Crippen MR) is 89.3 cm³/mol. The number of nitrogens with zero attached hydrogens (tertiary/aromatic N) is 1. The number of aryl methyl sites for hydroxylation is 1. The van der Waals surface area contributed by atoms with Gasteiger partial charge in [-0.15, -0.1) is 0 Å². The normalized spacial score (nSPS) is 29.6. The maximum Gasteiger partial charge on any atom is 0.227 e. The van der Waals surface area contributed by atoms with Gasteiger partial charge in [0, 0.05) is 20.8 Å². The Morgan fingerprint density at radius 1 is 1.38 bits per heavy atom. The van der Waals surface area contributed by atoms with E-state index in [2.05, 4.69) is 0 Å². The van der Waals surface area contributed by atoms with Crippen LogP contribution in [-0.2, 0) is 20.7 Å². The number of carbonyl (C=O) groups is 1. The molecule has 1 heterocycles. The Morgan fingerprint density at radius 2 is 2.17 bits per heavy atom. The Balaban J connectivity index is 1.75. The standard InChI is InChI=1S/C19H26FNO3/c1-13-10-14(4-5-16(13)20)11-18(22)21-9-8-19(24-3)7-6-15(23-2)12-17(19)21/h4-5,10,15,17H,6-9,11-12H2,1-3H3/t15-,17+,19-/m1/s1. The van der Waals surface area contributed by atoms with Gasteiger partial charge in [0.2, 0.25) is 5.91 Å². The molecular weight excluding hydrogens is 309 g/mol. The second kappa shape index (κ2) is 6.81. The van der Waals surface area contributed by atoms with E-state index < -0.39 is 0 Å². The number of rotatable bonds is 4. The highest BCUT2D eigenvalue weighted by molar-refractivity contribution is 5.79. The molecule has 4 nitrogen and oxygen atoms in total. The monoisotopic (exact) mass is 335 g/mol. The third-order valence-corrected chi connectivity index (χ3v) is 5.77. The molecule has 0 radical (unpaired) electrons. The van der Waals surface area contributed by atoms with E-state index in [0.29, 0.717) is 18.5 Å². The van der Waals surface area contributed by atoms with Crippen LogP contribution in [0.4, 0.5) is 4.39 Å². The SMILES string of the molecule is CO[C@@H]1CC[C@@]2(OC)CCN(C(=O)Cc3ccc(F)c(C)c3)[C@H]2C1. The lowest BCUT2D eigenvalue weighted by atomic mass is 9.79. The van der Waals surface area contributed by atoms with E-state index in [0.717, 1.165) is 31.2 Å². The Hall–Kier alpha value is -1.46. The lowest BCUT2D eigenvalue weighted by molar-refractivity contribution is -0.140. The smallest absolute Gasteiger partial charge is 0.227 e. The quantitative estimate of drug-likeness (QED) is 0.849. The summed E-state index contributed by atoms with van der Waals surface area (Å²) in [7, 11) is 3.48. The van der Waals surface area contributed by atoms with Crippen molar-refractivity contribution in [3.05, 3.63) is 35.1 Å². The van der Waals surface area contributed by atoms with E-state index in [4.69, 9.17) is 9.47 Å². The Bertz CT molecular complexity index is 621. The molecule has 0 N–H and O–H groups in total. The summed E-state index contributed by atoms with van der Waals surface area (Å²) < 4.78 is 24.8. The van der Waals surface area contributed by atoms with Gasteiger partial charge in [-0.25, -0.2) is 4.39 Å². The van der Waals surface area contributed by atoms with E-state index in [1.54, 1.807) is 33.3 Å². The molecule has 1 aromatic rings. The molecule has 1 aromatic carbocycles. The average Bonchev–Trinajstić information content (AvgIpc) is 2.97. The van der Waals surface area contributed by atoms with Crippen LogP contribution in [0.3, 0.4) is 0 Å². The van der Waals surface area contributed by atoms with Gasteiger partial charge in [-0.2, -0.15) is 0 Å². The number of halogens is 1. The summed E-state index contributed by atoms with van der Waals surface area (Å²) in [5.74, 6) is -0.150. The second-order valence-electron chi connectivity index (χ2n) is 7.01. The molecule has 2 aliphatic rings. The first-order valence-electron chi connectivity index (χ1n) is 8.61. The molecule has 24 heavy (non-hydrogen) atoms. The lowest BCUT2D eigenvalue weighted by Crippen LogP contribution is -2.53. The Morgan fingerprint density at radius 3 is 2.83 bits per heavy atom. The molecular formula is C19H26FNO3. The topological polar surface area (TPSA) is 38.8 Å². The molecule has 0 spiro atoms.